The van der Waals surface area contributed by atoms with Crippen LogP contribution in [0.1, 0.15) is 0 Å². The van der Waals surface area contributed by atoms with Gasteiger partial charge in [0.15, 0.2) is 0 Å². The summed E-state index contributed by atoms with van der Waals surface area (Å²) in [5.74, 6) is 0. The molecule has 0 aliphatic rings. The fraction of sp³-hybridized carbons (Fsp3) is 0. The molecular weight excluding hydrogens is 639 g/mol. The first kappa shape index (κ1) is 32.0. The van der Waals surface area contributed by atoms with E-state index in [-0.39, 0.29) is 0 Å². The number of hydrogen-bond donors (Lipinski definition) is 0. The quantitative estimate of drug-likeness (QED) is 0.155. The predicted octanol–water partition coefficient (Wildman–Crippen LogP) is 14.6. The second-order valence-electron chi connectivity index (χ2n) is 13.4. The second kappa shape index (κ2) is 14.3. The molecule has 0 bridgehead atoms. The molecule has 1 nitrogen and oxygen atoms in total. The summed E-state index contributed by atoms with van der Waals surface area (Å²) in [7, 11) is 0. The predicted molar refractivity (Wildman–Crippen MR) is 226 cm³/mol. The highest BCUT2D eigenvalue weighted by atomic mass is 15.1. The normalized spacial score (nSPS) is 11.0. The summed E-state index contributed by atoms with van der Waals surface area (Å²) in [4.78, 5) is 2.42. The lowest BCUT2D eigenvalue weighted by atomic mass is 9.95. The smallest absolute Gasteiger partial charge is 0.0473 e. The molecule has 9 aromatic carbocycles. The van der Waals surface area contributed by atoms with E-state index in [2.05, 4.69) is 229 Å². The van der Waals surface area contributed by atoms with Crippen LogP contribution in [0.2, 0.25) is 0 Å². The Hall–Kier alpha value is -6.96. The van der Waals surface area contributed by atoms with Crippen molar-refractivity contribution in [2.24, 2.45) is 0 Å². The van der Waals surface area contributed by atoms with E-state index in [9.17, 15) is 0 Å². The molecule has 0 aromatic heterocycles. The molecule has 0 radical (unpaired) electrons. The Morgan fingerprint density at radius 2 is 0.604 bits per heavy atom. The first-order valence-corrected chi connectivity index (χ1v) is 18.2. The maximum absolute atomic E-state index is 2.42. The van der Waals surface area contributed by atoms with E-state index in [1.807, 2.05) is 0 Å². The number of nitrogens with zero attached hydrogens (tertiary/aromatic N) is 1. The number of hydrogen-bond acceptors (Lipinski definition) is 1. The van der Waals surface area contributed by atoms with Crippen LogP contribution >= 0.6 is 0 Å². The molecule has 0 saturated carbocycles. The number of benzene rings is 9. The number of rotatable bonds is 8. The largest absolute Gasteiger partial charge is 0.310 e. The van der Waals surface area contributed by atoms with Crippen molar-refractivity contribution in [3.8, 4) is 55.6 Å². The van der Waals surface area contributed by atoms with E-state index in [1.165, 1.54) is 66.4 Å². The zero-order chi connectivity index (χ0) is 35.4. The third kappa shape index (κ3) is 6.65. The maximum atomic E-state index is 2.42. The van der Waals surface area contributed by atoms with Crippen LogP contribution in [0, 0.1) is 0 Å². The minimum absolute atomic E-state index is 1.09. The summed E-state index contributed by atoms with van der Waals surface area (Å²) in [6.07, 6.45) is 0. The number of fused-ring (bicyclic) bond motifs is 1. The molecule has 0 fully saturated rings. The molecule has 9 aromatic rings. The summed E-state index contributed by atoms with van der Waals surface area (Å²) >= 11 is 0. The Morgan fingerprint density at radius 3 is 1.04 bits per heavy atom. The van der Waals surface area contributed by atoms with Gasteiger partial charge in [0.1, 0.15) is 0 Å². The molecule has 0 heterocycles. The van der Waals surface area contributed by atoms with Crippen LogP contribution in [-0.2, 0) is 0 Å². The summed E-state index contributed by atoms with van der Waals surface area (Å²) < 4.78 is 0. The van der Waals surface area contributed by atoms with E-state index in [1.54, 1.807) is 0 Å². The van der Waals surface area contributed by atoms with E-state index in [0.717, 1.165) is 17.1 Å². The lowest BCUT2D eigenvalue weighted by Crippen LogP contribution is -2.11. The minimum Gasteiger partial charge on any atom is -0.310 e. The van der Waals surface area contributed by atoms with Crippen LogP contribution in [0.25, 0.3) is 66.4 Å². The molecule has 0 aliphatic heterocycles. The van der Waals surface area contributed by atoms with Gasteiger partial charge in [-0.25, -0.2) is 0 Å². The lowest BCUT2D eigenvalue weighted by molar-refractivity contribution is 1.28. The van der Waals surface area contributed by atoms with Gasteiger partial charge in [-0.2, -0.15) is 0 Å². The average molecular weight is 676 g/mol. The topological polar surface area (TPSA) is 3.24 Å². The highest BCUT2D eigenvalue weighted by molar-refractivity contribution is 5.97. The van der Waals surface area contributed by atoms with Gasteiger partial charge in [0, 0.05) is 17.1 Å². The van der Waals surface area contributed by atoms with Crippen LogP contribution in [0.4, 0.5) is 17.1 Å². The van der Waals surface area contributed by atoms with Crippen molar-refractivity contribution in [3.63, 3.8) is 0 Å². The first-order valence-electron chi connectivity index (χ1n) is 18.2. The molecule has 0 amide bonds. The van der Waals surface area contributed by atoms with Crippen molar-refractivity contribution in [1.82, 2.24) is 0 Å². The zero-order valence-corrected chi connectivity index (χ0v) is 29.3. The second-order valence-corrected chi connectivity index (χ2v) is 13.4. The highest BCUT2D eigenvalue weighted by Crippen LogP contribution is 2.43. The molecule has 0 aliphatic carbocycles. The van der Waals surface area contributed by atoms with Gasteiger partial charge in [-0.05, 0) is 115 Å². The molecule has 0 N–H and O–H groups in total. The Bertz CT molecular complexity index is 2380. The van der Waals surface area contributed by atoms with Gasteiger partial charge in [0.05, 0.1) is 0 Å². The zero-order valence-electron chi connectivity index (χ0n) is 29.3. The minimum atomic E-state index is 1.09. The van der Waals surface area contributed by atoms with Crippen molar-refractivity contribution in [2.45, 2.75) is 0 Å². The van der Waals surface area contributed by atoms with Crippen LogP contribution in [-0.4, -0.2) is 0 Å². The molecule has 0 unspecified atom stereocenters. The summed E-state index contributed by atoms with van der Waals surface area (Å²) in [5, 5.41) is 2.50. The standard InChI is InChI=1S/C52H37N/c1-5-16-38(17-6-1)44-32-45(39-18-7-2-8-19-39)35-49(34-44)53(48-30-28-43(29-31-48)52-27-15-25-42-24-13-14-26-51(42)52)50-36-46(40-20-9-3-10-21-40)33-47(37-50)41-22-11-4-12-23-41/h1-37H. The van der Waals surface area contributed by atoms with Crippen molar-refractivity contribution < 1.29 is 0 Å². The fourth-order valence-electron chi connectivity index (χ4n) is 7.38. The van der Waals surface area contributed by atoms with Crippen molar-refractivity contribution in [1.29, 1.82) is 0 Å². The van der Waals surface area contributed by atoms with E-state index in [4.69, 9.17) is 0 Å². The molecule has 53 heavy (non-hydrogen) atoms. The van der Waals surface area contributed by atoms with E-state index < -0.39 is 0 Å². The monoisotopic (exact) mass is 675 g/mol. The van der Waals surface area contributed by atoms with E-state index in [0.29, 0.717) is 0 Å². The average Bonchev–Trinajstić information content (AvgIpc) is 3.25. The molecule has 0 saturated heterocycles. The maximum Gasteiger partial charge on any atom is 0.0473 e. The van der Waals surface area contributed by atoms with Gasteiger partial charge in [0.25, 0.3) is 0 Å². The Balaban J connectivity index is 1.28. The molecule has 250 valence electrons. The van der Waals surface area contributed by atoms with Crippen LogP contribution in [0.5, 0.6) is 0 Å². The van der Waals surface area contributed by atoms with Gasteiger partial charge >= 0.3 is 0 Å². The van der Waals surface area contributed by atoms with Crippen LogP contribution in [0.3, 0.4) is 0 Å². The summed E-state index contributed by atoms with van der Waals surface area (Å²) in [6, 6.07) is 81.0. The summed E-state index contributed by atoms with van der Waals surface area (Å²) in [5.41, 5.74) is 15.1. The molecule has 1 heteroatoms. The van der Waals surface area contributed by atoms with Crippen molar-refractivity contribution in [3.05, 3.63) is 224 Å². The van der Waals surface area contributed by atoms with Crippen molar-refractivity contribution in [2.75, 3.05) is 4.90 Å². The molecule has 0 atom stereocenters. The van der Waals surface area contributed by atoms with Gasteiger partial charge in [-0.15, -0.1) is 0 Å². The van der Waals surface area contributed by atoms with Crippen LogP contribution < -0.4 is 4.90 Å². The van der Waals surface area contributed by atoms with E-state index >= 15 is 0 Å². The lowest BCUT2D eigenvalue weighted by Gasteiger charge is -2.28. The van der Waals surface area contributed by atoms with Crippen LogP contribution in [0.15, 0.2) is 224 Å². The van der Waals surface area contributed by atoms with Crippen molar-refractivity contribution >= 4 is 27.8 Å². The Morgan fingerprint density at radius 1 is 0.226 bits per heavy atom. The third-order valence-corrected chi connectivity index (χ3v) is 10.0. The third-order valence-electron chi connectivity index (χ3n) is 10.0. The van der Waals surface area contributed by atoms with Gasteiger partial charge in [-0.3, -0.25) is 0 Å². The molecule has 9 rings (SSSR count). The summed E-state index contributed by atoms with van der Waals surface area (Å²) in [6.45, 7) is 0. The van der Waals surface area contributed by atoms with Gasteiger partial charge in [-0.1, -0.05) is 176 Å². The SMILES string of the molecule is c1ccc(-c2cc(-c3ccccc3)cc(N(c3ccc(-c4cccc5ccccc45)cc3)c3cc(-c4ccccc4)cc(-c4ccccc4)c3)c2)cc1. The van der Waals surface area contributed by atoms with Gasteiger partial charge in [0.2, 0.25) is 0 Å². The fourth-order valence-corrected chi connectivity index (χ4v) is 7.38. The highest BCUT2D eigenvalue weighted by Gasteiger charge is 2.19. The molecule has 0 spiro atoms. The first-order chi connectivity index (χ1) is 26.3. The number of anilines is 3. The van der Waals surface area contributed by atoms with Gasteiger partial charge < -0.3 is 4.90 Å². The molecular formula is C52H37N. The Kier molecular flexibility index (Phi) is 8.66. The Labute approximate surface area is 311 Å².